The molecule has 0 aliphatic rings. The van der Waals surface area contributed by atoms with Crippen LogP contribution in [0.15, 0.2) is 30.3 Å². The lowest BCUT2D eigenvalue weighted by Crippen LogP contribution is -2.00. The van der Waals surface area contributed by atoms with E-state index in [4.69, 9.17) is 38.4 Å². The van der Waals surface area contributed by atoms with Crippen molar-refractivity contribution in [3.63, 3.8) is 0 Å². The molecule has 1 heterocycles. The first-order chi connectivity index (χ1) is 9.10. The van der Waals surface area contributed by atoms with Crippen LogP contribution in [0.3, 0.4) is 0 Å². The van der Waals surface area contributed by atoms with Crippen molar-refractivity contribution in [2.45, 2.75) is 6.61 Å². The Morgan fingerprint density at radius 1 is 1.16 bits per heavy atom. The molecule has 100 valence electrons. The zero-order valence-corrected chi connectivity index (χ0v) is 11.7. The molecule has 0 atom stereocenters. The van der Waals surface area contributed by atoms with Crippen LogP contribution in [-0.2, 0) is 6.61 Å². The summed E-state index contributed by atoms with van der Waals surface area (Å²) in [5.41, 5.74) is 6.56. The first-order valence-electron chi connectivity index (χ1n) is 5.47. The Labute approximate surface area is 121 Å². The number of anilines is 1. The van der Waals surface area contributed by atoms with Crippen LogP contribution in [0, 0.1) is 0 Å². The van der Waals surface area contributed by atoms with Gasteiger partial charge in [-0.15, -0.1) is 0 Å². The Hall–Kier alpha value is -1.65. The van der Waals surface area contributed by atoms with E-state index in [0.29, 0.717) is 16.7 Å². The smallest absolute Gasteiger partial charge is 0.234 e. The van der Waals surface area contributed by atoms with Crippen molar-refractivity contribution >= 4 is 29.0 Å². The normalized spacial score (nSPS) is 10.3. The molecule has 2 aromatic rings. The zero-order chi connectivity index (χ0) is 13.8. The van der Waals surface area contributed by atoms with E-state index in [0.717, 1.165) is 11.3 Å². The van der Waals surface area contributed by atoms with Gasteiger partial charge in [0.15, 0.2) is 0 Å². The van der Waals surface area contributed by atoms with E-state index in [9.17, 15) is 0 Å². The lowest BCUT2D eigenvalue weighted by Gasteiger charge is -2.09. The second-order valence-electron chi connectivity index (χ2n) is 3.78. The molecule has 0 unspecified atom stereocenters. The summed E-state index contributed by atoms with van der Waals surface area (Å²) >= 11 is 11.8. The van der Waals surface area contributed by atoms with Crippen molar-refractivity contribution in [3.8, 4) is 11.6 Å². The SMILES string of the molecule is COc1ccc(COc2nc(N)c(Cl)cc2Cl)cc1. The van der Waals surface area contributed by atoms with Gasteiger partial charge in [-0.2, -0.15) is 4.98 Å². The van der Waals surface area contributed by atoms with Gasteiger partial charge in [0.2, 0.25) is 5.88 Å². The average molecular weight is 299 g/mol. The Morgan fingerprint density at radius 2 is 1.84 bits per heavy atom. The second-order valence-corrected chi connectivity index (χ2v) is 4.59. The van der Waals surface area contributed by atoms with Gasteiger partial charge >= 0.3 is 0 Å². The van der Waals surface area contributed by atoms with Gasteiger partial charge in [-0.05, 0) is 23.8 Å². The van der Waals surface area contributed by atoms with Crippen LogP contribution in [0.25, 0.3) is 0 Å². The molecule has 4 nitrogen and oxygen atoms in total. The number of nitrogens with two attached hydrogens (primary N) is 1. The molecule has 19 heavy (non-hydrogen) atoms. The number of hydrogen-bond acceptors (Lipinski definition) is 4. The molecule has 1 aromatic carbocycles. The molecular formula is C13H12Cl2N2O2. The van der Waals surface area contributed by atoms with E-state index >= 15 is 0 Å². The van der Waals surface area contributed by atoms with Crippen molar-refractivity contribution in [2.75, 3.05) is 12.8 Å². The Balaban J connectivity index is 2.07. The maximum Gasteiger partial charge on any atom is 0.234 e. The van der Waals surface area contributed by atoms with E-state index in [1.54, 1.807) is 7.11 Å². The molecule has 0 spiro atoms. The number of nitrogens with zero attached hydrogens (tertiary/aromatic N) is 1. The van der Waals surface area contributed by atoms with Crippen LogP contribution in [0.4, 0.5) is 5.82 Å². The first-order valence-corrected chi connectivity index (χ1v) is 6.23. The molecule has 2 N–H and O–H groups in total. The molecular weight excluding hydrogens is 287 g/mol. The molecule has 0 aliphatic heterocycles. The van der Waals surface area contributed by atoms with Gasteiger partial charge < -0.3 is 15.2 Å². The zero-order valence-electron chi connectivity index (χ0n) is 10.2. The van der Waals surface area contributed by atoms with Crippen LogP contribution in [0.2, 0.25) is 10.0 Å². The van der Waals surface area contributed by atoms with Crippen molar-refractivity contribution < 1.29 is 9.47 Å². The molecule has 1 aromatic heterocycles. The van der Waals surface area contributed by atoms with Crippen LogP contribution < -0.4 is 15.2 Å². The summed E-state index contributed by atoms with van der Waals surface area (Å²) in [5.74, 6) is 1.24. The first kappa shape index (κ1) is 13.8. The third-order valence-electron chi connectivity index (χ3n) is 2.46. The number of hydrogen-bond donors (Lipinski definition) is 1. The van der Waals surface area contributed by atoms with Crippen LogP contribution in [0.1, 0.15) is 5.56 Å². The second kappa shape index (κ2) is 5.99. The van der Waals surface area contributed by atoms with Gasteiger partial charge in [0.1, 0.15) is 23.2 Å². The Kier molecular flexibility index (Phi) is 4.35. The van der Waals surface area contributed by atoms with E-state index in [1.165, 1.54) is 6.07 Å². The van der Waals surface area contributed by atoms with Gasteiger partial charge in [-0.3, -0.25) is 0 Å². The third-order valence-corrected chi connectivity index (χ3v) is 3.03. The molecule has 0 aliphatic carbocycles. The highest BCUT2D eigenvalue weighted by Crippen LogP contribution is 2.29. The molecule has 0 radical (unpaired) electrons. The highest BCUT2D eigenvalue weighted by atomic mass is 35.5. The van der Waals surface area contributed by atoms with Crippen molar-refractivity contribution in [3.05, 3.63) is 45.9 Å². The van der Waals surface area contributed by atoms with Gasteiger partial charge in [0.25, 0.3) is 0 Å². The van der Waals surface area contributed by atoms with Crippen molar-refractivity contribution in [1.29, 1.82) is 0 Å². The molecule has 0 fully saturated rings. The Bertz CT molecular complexity index is 574. The summed E-state index contributed by atoms with van der Waals surface area (Å²) in [5, 5.41) is 0.634. The minimum Gasteiger partial charge on any atom is -0.497 e. The highest BCUT2D eigenvalue weighted by molar-refractivity contribution is 6.36. The standard InChI is InChI=1S/C13H12Cl2N2O2/c1-18-9-4-2-8(3-5-9)7-19-13-11(15)6-10(14)12(16)17-13/h2-6H,7H2,1H3,(H2,16,17). The number of halogens is 2. The fourth-order valence-corrected chi connectivity index (χ4v) is 1.85. The van der Waals surface area contributed by atoms with E-state index < -0.39 is 0 Å². The maximum atomic E-state index is 5.97. The predicted octanol–water partition coefficient (Wildman–Crippen LogP) is 3.56. The topological polar surface area (TPSA) is 57.4 Å². The van der Waals surface area contributed by atoms with Crippen LogP contribution in [-0.4, -0.2) is 12.1 Å². The highest BCUT2D eigenvalue weighted by Gasteiger charge is 2.08. The lowest BCUT2D eigenvalue weighted by molar-refractivity contribution is 0.294. The van der Waals surface area contributed by atoms with Gasteiger partial charge in [0, 0.05) is 0 Å². The summed E-state index contributed by atoms with van der Waals surface area (Å²) in [7, 11) is 1.62. The van der Waals surface area contributed by atoms with E-state index in [1.807, 2.05) is 24.3 Å². The monoisotopic (exact) mass is 298 g/mol. The molecule has 6 heteroatoms. The predicted molar refractivity (Wildman–Crippen MR) is 76.0 cm³/mol. The number of aromatic nitrogens is 1. The fraction of sp³-hybridized carbons (Fsp3) is 0.154. The van der Waals surface area contributed by atoms with E-state index in [2.05, 4.69) is 4.98 Å². The molecule has 0 amide bonds. The largest absolute Gasteiger partial charge is 0.497 e. The summed E-state index contributed by atoms with van der Waals surface area (Å²) in [6.07, 6.45) is 0. The molecule has 0 bridgehead atoms. The summed E-state index contributed by atoms with van der Waals surface area (Å²) in [6, 6.07) is 9.00. The van der Waals surface area contributed by atoms with Crippen LogP contribution >= 0.6 is 23.2 Å². The summed E-state index contributed by atoms with van der Waals surface area (Å²) in [6.45, 7) is 0.331. The van der Waals surface area contributed by atoms with Gasteiger partial charge in [-0.1, -0.05) is 35.3 Å². The van der Waals surface area contributed by atoms with Gasteiger partial charge in [0.05, 0.1) is 12.1 Å². The number of benzene rings is 1. The lowest BCUT2D eigenvalue weighted by atomic mass is 10.2. The summed E-state index contributed by atoms with van der Waals surface area (Å²) < 4.78 is 10.6. The number of nitrogen functional groups attached to an aromatic ring is 1. The minimum atomic E-state index is 0.191. The van der Waals surface area contributed by atoms with Gasteiger partial charge in [-0.25, -0.2) is 0 Å². The maximum absolute atomic E-state index is 5.97. The Morgan fingerprint density at radius 3 is 2.47 bits per heavy atom. The summed E-state index contributed by atoms with van der Waals surface area (Å²) in [4.78, 5) is 3.99. The number of methoxy groups -OCH3 is 1. The fourth-order valence-electron chi connectivity index (χ4n) is 1.44. The molecule has 2 rings (SSSR count). The molecule has 0 saturated carbocycles. The number of pyridine rings is 1. The van der Waals surface area contributed by atoms with Crippen molar-refractivity contribution in [1.82, 2.24) is 4.98 Å². The van der Waals surface area contributed by atoms with Crippen molar-refractivity contribution in [2.24, 2.45) is 0 Å². The number of ether oxygens (including phenoxy) is 2. The molecule has 0 saturated heterocycles. The quantitative estimate of drug-likeness (QED) is 0.938. The minimum absolute atomic E-state index is 0.191. The van der Waals surface area contributed by atoms with E-state index in [-0.39, 0.29) is 11.7 Å². The average Bonchev–Trinajstić information content (AvgIpc) is 2.42. The third kappa shape index (κ3) is 3.43. The van der Waals surface area contributed by atoms with Crippen LogP contribution in [0.5, 0.6) is 11.6 Å². The number of rotatable bonds is 4.